The first-order valence-corrected chi connectivity index (χ1v) is 10.3. The van der Waals surface area contributed by atoms with E-state index in [0.29, 0.717) is 0 Å². The number of carboxylic acids is 1. The number of carbonyl (C=O) groups is 4. The van der Waals surface area contributed by atoms with Gasteiger partial charge < -0.3 is 51.6 Å². The molecule has 0 aliphatic carbocycles. The average Bonchev–Trinajstić information content (AvgIpc) is 2.73. The van der Waals surface area contributed by atoms with Crippen LogP contribution in [0.5, 0.6) is 0 Å². The van der Waals surface area contributed by atoms with Crippen molar-refractivity contribution in [3.8, 4) is 0 Å². The number of aliphatic hydroxyl groups excluding tert-OH is 3. The van der Waals surface area contributed by atoms with Crippen molar-refractivity contribution in [1.29, 1.82) is 0 Å². The maximum Gasteiger partial charge on any atom is 0.303 e. The van der Waals surface area contributed by atoms with Crippen LogP contribution in [0, 0.1) is 0 Å². The number of carboxylic acid groups (broad SMARTS) is 1. The molecule has 1 unspecified atom stereocenters. The van der Waals surface area contributed by atoms with E-state index in [-0.39, 0.29) is 13.0 Å². The highest BCUT2D eigenvalue weighted by Gasteiger charge is 2.44. The molecule has 190 valence electrons. The molecule has 0 aromatic rings. The Morgan fingerprint density at radius 2 is 1.88 bits per heavy atom. The number of hydrogen-bond donors (Lipinski definition) is 7. The van der Waals surface area contributed by atoms with Gasteiger partial charge in [-0.2, -0.15) is 0 Å². The molecule has 0 bridgehead atoms. The van der Waals surface area contributed by atoms with E-state index in [0.717, 1.165) is 18.7 Å². The van der Waals surface area contributed by atoms with Gasteiger partial charge in [0, 0.05) is 19.9 Å². The van der Waals surface area contributed by atoms with Crippen LogP contribution in [0.15, 0.2) is 0 Å². The number of aliphatic carboxylic acids is 1. The maximum atomic E-state index is 12.7. The first kappa shape index (κ1) is 26.9. The molecule has 0 aromatic heterocycles. The molecule has 0 spiro atoms. The number of nitrogens with two attached hydrogens (primary N) is 2. The number of nitrogens with one attached hydrogen (secondary N) is 1. The predicted molar refractivity (Wildman–Crippen MR) is 111 cm³/mol. The van der Waals surface area contributed by atoms with E-state index in [4.69, 9.17) is 27.4 Å². The quantitative estimate of drug-likeness (QED) is 0.143. The summed E-state index contributed by atoms with van der Waals surface area (Å²) in [6, 6.07) is -4.82. The Hall–Kier alpha value is -2.36. The van der Waals surface area contributed by atoms with Gasteiger partial charge in [-0.3, -0.25) is 19.2 Å². The summed E-state index contributed by atoms with van der Waals surface area (Å²) in [4.78, 5) is 48.2. The Morgan fingerprint density at radius 3 is 2.36 bits per heavy atom. The van der Waals surface area contributed by atoms with Crippen molar-refractivity contribution in [3.05, 3.63) is 0 Å². The van der Waals surface area contributed by atoms with E-state index in [9.17, 15) is 34.5 Å². The third-order valence-electron chi connectivity index (χ3n) is 5.16. The van der Waals surface area contributed by atoms with Crippen molar-refractivity contribution < 1.29 is 50.4 Å². The molecular weight excluding hydrogens is 444 g/mol. The largest absolute Gasteiger partial charge is 0.481 e. The molecule has 33 heavy (non-hydrogen) atoms. The summed E-state index contributed by atoms with van der Waals surface area (Å²) in [7, 11) is 0. The van der Waals surface area contributed by atoms with Crippen molar-refractivity contribution in [2.45, 2.75) is 82.4 Å². The van der Waals surface area contributed by atoms with E-state index in [1.165, 1.54) is 6.92 Å². The molecule has 0 saturated carbocycles. The molecule has 0 radical (unpaired) electrons. The lowest BCUT2D eigenvalue weighted by Gasteiger charge is -2.42. The van der Waals surface area contributed by atoms with Crippen LogP contribution in [0.1, 0.15) is 35.0 Å². The van der Waals surface area contributed by atoms with Gasteiger partial charge in [-0.1, -0.05) is 0 Å². The van der Waals surface area contributed by atoms with E-state index >= 15 is 0 Å². The highest BCUT2D eigenvalue weighted by Crippen LogP contribution is 2.22. The second-order valence-electron chi connectivity index (χ2n) is 7.80. The first-order valence-electron chi connectivity index (χ1n) is 10.8. The van der Waals surface area contributed by atoms with Gasteiger partial charge in [-0.25, -0.2) is 0 Å². The van der Waals surface area contributed by atoms with Crippen LogP contribution in [-0.2, 0) is 28.7 Å². The van der Waals surface area contributed by atoms with Crippen LogP contribution in [0.4, 0.5) is 0 Å². The van der Waals surface area contributed by atoms with Gasteiger partial charge >= 0.3 is 5.97 Å². The minimum Gasteiger partial charge on any atom is -0.481 e. The topological polar surface area (TPSA) is 235 Å². The van der Waals surface area contributed by atoms with Crippen LogP contribution >= 0.6 is 0 Å². The van der Waals surface area contributed by atoms with Gasteiger partial charge in [0.15, 0.2) is 6.29 Å². The number of carbonyl (C=O) groups excluding carboxylic acids is 3. The third-order valence-corrected chi connectivity index (χ3v) is 5.16. The fraction of sp³-hybridized carbons (Fsp3) is 0.789. The standard InChI is InChI=1S/C19H34N4O10/c1-8(32-16-14(20)19(31)33-12(7-24)15(16)28)6-23(10(3)25)9(2)18(30)22-11(17(21)29)4-5-13(26)27/h8-9,11-12,14-16,19,24,28,31H,4-7,20H2,1-3H3,(H2,21,29)(H,22,30)(H,26,27)/t8?,9-,11-,12+,14+,15+,16+,19-/m0/s1/i9D. The smallest absolute Gasteiger partial charge is 0.303 e. The average molecular weight is 480 g/mol. The SMILES string of the molecule is [2H][C@](C)(C(=O)N[C@@H](CCC(=O)O)C(N)=O)N(CC(C)O[C@@H]1[C@@H](N)[C@@H](O)O[C@H](CO)[C@H]1O)C(C)=O. The third kappa shape index (κ3) is 8.17. The number of nitrogens with zero attached hydrogens (tertiary/aromatic N) is 1. The van der Waals surface area contributed by atoms with E-state index in [1.54, 1.807) is 0 Å². The lowest BCUT2D eigenvalue weighted by Crippen LogP contribution is -2.63. The number of hydrogen-bond acceptors (Lipinski definition) is 10. The van der Waals surface area contributed by atoms with Gasteiger partial charge in [0.05, 0.1) is 20.1 Å². The molecule has 1 rings (SSSR count). The Kier molecular flexibility index (Phi) is 10.4. The Labute approximate surface area is 192 Å². The monoisotopic (exact) mass is 479 g/mol. The van der Waals surface area contributed by atoms with Crippen molar-refractivity contribution in [1.82, 2.24) is 10.2 Å². The van der Waals surface area contributed by atoms with E-state index in [2.05, 4.69) is 5.32 Å². The van der Waals surface area contributed by atoms with Crippen LogP contribution in [0.25, 0.3) is 0 Å². The molecular formula is C19H34N4O10. The Bertz CT molecular complexity index is 755. The summed E-state index contributed by atoms with van der Waals surface area (Å²) < 4.78 is 19.1. The molecule has 3 amide bonds. The zero-order valence-electron chi connectivity index (χ0n) is 19.7. The number of amides is 3. The zero-order chi connectivity index (χ0) is 26.4. The second kappa shape index (κ2) is 12.8. The van der Waals surface area contributed by atoms with Gasteiger partial charge in [0.2, 0.25) is 17.7 Å². The summed E-state index contributed by atoms with van der Waals surface area (Å²) in [5, 5.41) is 40.5. The Balaban J connectivity index is 2.96. The van der Waals surface area contributed by atoms with Crippen molar-refractivity contribution >= 4 is 23.7 Å². The van der Waals surface area contributed by atoms with E-state index in [1.807, 2.05) is 0 Å². The highest BCUT2D eigenvalue weighted by molar-refractivity contribution is 5.91. The molecule has 14 heteroatoms. The molecule has 8 atom stereocenters. The van der Waals surface area contributed by atoms with Gasteiger partial charge in [0.25, 0.3) is 0 Å². The minimum atomic E-state index is -2.26. The molecule has 1 aliphatic heterocycles. The summed E-state index contributed by atoms with van der Waals surface area (Å²) in [5.41, 5.74) is 11.0. The number of primary amides is 1. The van der Waals surface area contributed by atoms with E-state index < -0.39 is 85.5 Å². The molecule has 1 fully saturated rings. The summed E-state index contributed by atoms with van der Waals surface area (Å²) in [5.74, 6) is -4.00. The number of rotatable bonds is 12. The summed E-state index contributed by atoms with van der Waals surface area (Å²) in [6.07, 6.45) is -7.00. The van der Waals surface area contributed by atoms with Crippen molar-refractivity contribution in [2.24, 2.45) is 11.5 Å². The zero-order valence-corrected chi connectivity index (χ0v) is 18.7. The number of ether oxygens (including phenoxy) is 2. The van der Waals surface area contributed by atoms with Gasteiger partial charge in [-0.15, -0.1) is 0 Å². The molecule has 1 aliphatic rings. The molecule has 9 N–H and O–H groups in total. The fourth-order valence-electron chi connectivity index (χ4n) is 3.28. The number of aliphatic hydroxyl groups is 3. The molecule has 0 aromatic carbocycles. The summed E-state index contributed by atoms with van der Waals surface area (Å²) >= 11 is 0. The predicted octanol–water partition coefficient (Wildman–Crippen LogP) is -3.77. The van der Waals surface area contributed by atoms with Crippen LogP contribution < -0.4 is 16.8 Å². The second-order valence-corrected chi connectivity index (χ2v) is 7.80. The van der Waals surface area contributed by atoms with Crippen molar-refractivity contribution in [2.75, 3.05) is 13.2 Å². The minimum absolute atomic E-state index is 0.306. The molecule has 1 saturated heterocycles. The molecule has 1 heterocycles. The maximum absolute atomic E-state index is 12.7. The highest BCUT2D eigenvalue weighted by atomic mass is 16.6. The normalized spacial score (nSPS) is 29.2. The van der Waals surface area contributed by atoms with Crippen LogP contribution in [0.3, 0.4) is 0 Å². The fourth-order valence-corrected chi connectivity index (χ4v) is 3.28. The summed E-state index contributed by atoms with van der Waals surface area (Å²) in [6.45, 7) is 2.70. The van der Waals surface area contributed by atoms with Crippen LogP contribution in [0.2, 0.25) is 0 Å². The lowest BCUT2D eigenvalue weighted by atomic mass is 9.97. The Morgan fingerprint density at radius 1 is 1.27 bits per heavy atom. The lowest BCUT2D eigenvalue weighted by molar-refractivity contribution is -0.263. The van der Waals surface area contributed by atoms with Gasteiger partial charge in [0.1, 0.15) is 30.4 Å². The molecule has 14 nitrogen and oxygen atoms in total. The van der Waals surface area contributed by atoms with Crippen LogP contribution in [-0.4, -0.2) is 111 Å². The van der Waals surface area contributed by atoms with Crippen molar-refractivity contribution in [3.63, 3.8) is 0 Å². The first-order chi connectivity index (χ1) is 15.6. The van der Waals surface area contributed by atoms with Gasteiger partial charge in [-0.05, 0) is 20.3 Å².